The van der Waals surface area contributed by atoms with Crippen LogP contribution < -0.4 is 10.5 Å². The minimum atomic E-state index is -3.89. The lowest BCUT2D eigenvalue weighted by Crippen LogP contribution is -2.45. The Morgan fingerprint density at radius 3 is 2.76 bits per heavy atom. The van der Waals surface area contributed by atoms with Crippen LogP contribution in [0.5, 0.6) is 0 Å². The summed E-state index contributed by atoms with van der Waals surface area (Å²) in [6.45, 7) is 4.46. The topological polar surface area (TPSA) is 81.4 Å². The van der Waals surface area contributed by atoms with Crippen molar-refractivity contribution in [3.8, 4) is 0 Å². The van der Waals surface area contributed by atoms with Gasteiger partial charge in [0.25, 0.3) is 0 Å². The van der Waals surface area contributed by atoms with Crippen molar-refractivity contribution in [3.63, 3.8) is 0 Å². The third kappa shape index (κ3) is 4.00. The predicted molar refractivity (Wildman–Crippen MR) is 77.7 cm³/mol. The van der Waals surface area contributed by atoms with E-state index < -0.39 is 15.8 Å². The van der Waals surface area contributed by atoms with Gasteiger partial charge in [0, 0.05) is 19.2 Å². The summed E-state index contributed by atoms with van der Waals surface area (Å²) in [4.78, 5) is -0.344. The van der Waals surface area contributed by atoms with E-state index in [2.05, 4.69) is 4.72 Å². The number of sulfonamides is 1. The van der Waals surface area contributed by atoms with Crippen molar-refractivity contribution in [1.82, 2.24) is 4.72 Å². The van der Waals surface area contributed by atoms with Crippen molar-refractivity contribution >= 4 is 10.0 Å². The third-order valence-corrected chi connectivity index (χ3v) is 5.09. The summed E-state index contributed by atoms with van der Waals surface area (Å²) in [7, 11) is -3.89. The highest BCUT2D eigenvalue weighted by molar-refractivity contribution is 7.89. The van der Waals surface area contributed by atoms with Crippen LogP contribution in [0.4, 0.5) is 4.39 Å². The van der Waals surface area contributed by atoms with Crippen LogP contribution in [0.25, 0.3) is 0 Å². The SMILES string of the molecule is CC1(C)CC(NS(=O)(=O)c2ccc(CN)cc2F)CCO1. The number of rotatable bonds is 4. The maximum atomic E-state index is 13.9. The van der Waals surface area contributed by atoms with E-state index in [1.165, 1.54) is 12.1 Å². The van der Waals surface area contributed by atoms with E-state index in [9.17, 15) is 12.8 Å². The van der Waals surface area contributed by atoms with Crippen molar-refractivity contribution in [2.24, 2.45) is 5.73 Å². The number of hydrogen-bond acceptors (Lipinski definition) is 4. The van der Waals surface area contributed by atoms with Crippen molar-refractivity contribution < 1.29 is 17.5 Å². The molecule has 0 aliphatic carbocycles. The Labute approximate surface area is 124 Å². The van der Waals surface area contributed by atoms with Gasteiger partial charge in [-0.05, 0) is 44.4 Å². The van der Waals surface area contributed by atoms with Gasteiger partial charge in [0.05, 0.1) is 5.60 Å². The molecule has 0 bridgehead atoms. The fraction of sp³-hybridized carbons (Fsp3) is 0.571. The van der Waals surface area contributed by atoms with Crippen LogP contribution >= 0.6 is 0 Å². The van der Waals surface area contributed by atoms with E-state index in [0.29, 0.717) is 25.0 Å². The lowest BCUT2D eigenvalue weighted by Gasteiger charge is -2.35. The normalized spacial score (nSPS) is 22.2. The molecule has 3 N–H and O–H groups in total. The summed E-state index contributed by atoms with van der Waals surface area (Å²) in [5, 5.41) is 0. The maximum absolute atomic E-state index is 13.9. The zero-order valence-electron chi connectivity index (χ0n) is 12.2. The van der Waals surface area contributed by atoms with E-state index >= 15 is 0 Å². The van der Waals surface area contributed by atoms with Gasteiger partial charge in [-0.2, -0.15) is 0 Å². The maximum Gasteiger partial charge on any atom is 0.243 e. The van der Waals surface area contributed by atoms with Crippen LogP contribution in [0.3, 0.4) is 0 Å². The number of halogens is 1. The highest BCUT2D eigenvalue weighted by Gasteiger charge is 2.32. The van der Waals surface area contributed by atoms with Crippen molar-refractivity contribution in [2.45, 2.75) is 49.8 Å². The lowest BCUT2D eigenvalue weighted by atomic mass is 9.95. The molecular weight excluding hydrogens is 295 g/mol. The summed E-state index contributed by atoms with van der Waals surface area (Å²) in [5.41, 5.74) is 5.58. The molecule has 0 spiro atoms. The zero-order valence-corrected chi connectivity index (χ0v) is 13.0. The van der Waals surface area contributed by atoms with E-state index in [1.807, 2.05) is 13.8 Å². The molecule has 0 amide bonds. The molecule has 7 heteroatoms. The molecule has 1 aromatic rings. The van der Waals surface area contributed by atoms with Crippen LogP contribution in [0.15, 0.2) is 23.1 Å². The molecule has 21 heavy (non-hydrogen) atoms. The summed E-state index contributed by atoms with van der Waals surface area (Å²) in [6.07, 6.45) is 1.12. The molecule has 1 aliphatic rings. The molecular formula is C14H21FN2O3S. The monoisotopic (exact) mass is 316 g/mol. The molecule has 1 aliphatic heterocycles. The molecule has 1 aromatic carbocycles. The van der Waals surface area contributed by atoms with Gasteiger partial charge >= 0.3 is 0 Å². The summed E-state index contributed by atoms with van der Waals surface area (Å²) in [6, 6.07) is 3.67. The fourth-order valence-corrected chi connectivity index (χ4v) is 3.83. The van der Waals surface area contributed by atoms with Gasteiger partial charge in [0.1, 0.15) is 10.7 Å². The fourth-order valence-electron chi connectivity index (χ4n) is 2.50. The highest BCUT2D eigenvalue weighted by atomic mass is 32.2. The number of benzene rings is 1. The highest BCUT2D eigenvalue weighted by Crippen LogP contribution is 2.25. The van der Waals surface area contributed by atoms with Gasteiger partial charge in [-0.15, -0.1) is 0 Å². The second-order valence-electron chi connectivity index (χ2n) is 5.89. The Hall–Kier alpha value is -1.02. The largest absolute Gasteiger partial charge is 0.375 e. The first kappa shape index (κ1) is 16.4. The molecule has 0 aromatic heterocycles. The number of hydrogen-bond donors (Lipinski definition) is 2. The summed E-state index contributed by atoms with van der Waals surface area (Å²) < 4.78 is 46.7. The minimum Gasteiger partial charge on any atom is -0.375 e. The first-order valence-electron chi connectivity index (χ1n) is 6.88. The van der Waals surface area contributed by atoms with Crippen LogP contribution in [0, 0.1) is 5.82 Å². The Kier molecular flexibility index (Phi) is 4.67. The van der Waals surface area contributed by atoms with E-state index in [0.717, 1.165) is 6.07 Å². The van der Waals surface area contributed by atoms with Crippen LogP contribution in [0.1, 0.15) is 32.3 Å². The van der Waals surface area contributed by atoms with E-state index in [4.69, 9.17) is 10.5 Å². The van der Waals surface area contributed by atoms with Gasteiger partial charge in [-0.25, -0.2) is 17.5 Å². The molecule has 0 saturated carbocycles. The van der Waals surface area contributed by atoms with Gasteiger partial charge < -0.3 is 10.5 Å². The minimum absolute atomic E-state index is 0.166. The van der Waals surface area contributed by atoms with Gasteiger partial charge in [0.2, 0.25) is 10.0 Å². The zero-order chi connectivity index (χ0) is 15.7. The van der Waals surface area contributed by atoms with Crippen molar-refractivity contribution in [1.29, 1.82) is 0 Å². The standard InChI is InChI=1S/C14H21FN2O3S/c1-14(2)8-11(5-6-20-14)17-21(18,19)13-4-3-10(9-16)7-12(13)15/h3-4,7,11,17H,5-6,8-9,16H2,1-2H3. The summed E-state index contributed by atoms with van der Waals surface area (Å²) in [5.74, 6) is -0.781. The predicted octanol–water partition coefficient (Wildman–Crippen LogP) is 1.52. The Morgan fingerprint density at radius 1 is 1.48 bits per heavy atom. The first-order valence-corrected chi connectivity index (χ1v) is 8.37. The van der Waals surface area contributed by atoms with Crippen LogP contribution in [0.2, 0.25) is 0 Å². The molecule has 1 fully saturated rings. The Bertz CT molecular complexity index is 617. The molecule has 1 heterocycles. The van der Waals surface area contributed by atoms with Gasteiger partial charge in [0.15, 0.2) is 0 Å². The number of ether oxygens (including phenoxy) is 1. The first-order chi connectivity index (χ1) is 9.73. The summed E-state index contributed by atoms with van der Waals surface area (Å²) >= 11 is 0. The second-order valence-corrected chi connectivity index (χ2v) is 7.57. The number of nitrogens with two attached hydrogens (primary N) is 1. The smallest absolute Gasteiger partial charge is 0.243 e. The molecule has 118 valence electrons. The average molecular weight is 316 g/mol. The molecule has 1 saturated heterocycles. The molecule has 5 nitrogen and oxygen atoms in total. The Morgan fingerprint density at radius 2 is 2.19 bits per heavy atom. The van der Waals surface area contributed by atoms with Gasteiger partial charge in [-0.3, -0.25) is 0 Å². The lowest BCUT2D eigenvalue weighted by molar-refractivity contribution is -0.0599. The van der Waals surface area contributed by atoms with E-state index in [1.54, 1.807) is 0 Å². The molecule has 2 rings (SSSR count). The number of nitrogens with one attached hydrogen (secondary N) is 1. The van der Waals surface area contributed by atoms with Gasteiger partial charge in [-0.1, -0.05) is 6.07 Å². The second kappa shape index (κ2) is 6.00. The van der Waals surface area contributed by atoms with Crippen molar-refractivity contribution in [2.75, 3.05) is 6.61 Å². The molecule has 0 radical (unpaired) electrons. The van der Waals surface area contributed by atoms with Crippen molar-refractivity contribution in [3.05, 3.63) is 29.6 Å². The average Bonchev–Trinajstić information content (AvgIpc) is 2.36. The molecule has 1 unspecified atom stereocenters. The van der Waals surface area contributed by atoms with E-state index in [-0.39, 0.29) is 23.1 Å². The Balaban J connectivity index is 2.19. The van der Waals surface area contributed by atoms with Crippen LogP contribution in [-0.2, 0) is 21.3 Å². The van der Waals surface area contributed by atoms with Crippen LogP contribution in [-0.4, -0.2) is 26.7 Å². The third-order valence-electron chi connectivity index (χ3n) is 3.54. The molecule has 1 atom stereocenters. The quantitative estimate of drug-likeness (QED) is 0.882.